The number of carbonyl (C=O) groups is 2. The summed E-state index contributed by atoms with van der Waals surface area (Å²) in [6.07, 6.45) is 2.85. The molecule has 0 radical (unpaired) electrons. The quantitative estimate of drug-likeness (QED) is 0.634. The van der Waals surface area contributed by atoms with Gasteiger partial charge in [0.1, 0.15) is 6.61 Å². The van der Waals surface area contributed by atoms with Crippen molar-refractivity contribution in [3.63, 3.8) is 0 Å². The molecule has 0 saturated carbocycles. The zero-order chi connectivity index (χ0) is 13.7. The molecule has 108 valence electrons. The van der Waals surface area contributed by atoms with Gasteiger partial charge in [-0.05, 0) is 5.56 Å². The zero-order valence-electron chi connectivity index (χ0n) is 11.0. The standard InChI is InChI=1S/C14H15NO4.ClH/c1-18-13(16)12-8-5-9-15(12)14(17)19-10-11-6-3-2-4-7-11;/h2-8,12H,9-10H2,1H3;1H. The second-order valence-corrected chi connectivity index (χ2v) is 4.09. The molecule has 2 rings (SSSR count). The van der Waals surface area contributed by atoms with Crippen molar-refractivity contribution in [1.82, 2.24) is 4.90 Å². The highest BCUT2D eigenvalue weighted by Gasteiger charge is 2.32. The lowest BCUT2D eigenvalue weighted by molar-refractivity contribution is -0.144. The van der Waals surface area contributed by atoms with Crippen molar-refractivity contribution in [2.75, 3.05) is 13.7 Å². The molecule has 1 atom stereocenters. The predicted octanol–water partition coefficient (Wildman–Crippen LogP) is 2.16. The van der Waals surface area contributed by atoms with E-state index in [1.807, 2.05) is 30.3 Å². The second-order valence-electron chi connectivity index (χ2n) is 4.09. The zero-order valence-corrected chi connectivity index (χ0v) is 11.8. The first-order chi connectivity index (χ1) is 9.22. The van der Waals surface area contributed by atoms with Crippen LogP contribution in [0, 0.1) is 0 Å². The summed E-state index contributed by atoms with van der Waals surface area (Å²) in [4.78, 5) is 24.7. The van der Waals surface area contributed by atoms with Crippen molar-refractivity contribution < 1.29 is 19.1 Å². The van der Waals surface area contributed by atoms with E-state index in [0.29, 0.717) is 6.54 Å². The molecule has 0 spiro atoms. The van der Waals surface area contributed by atoms with Gasteiger partial charge >= 0.3 is 12.1 Å². The number of hydrogen-bond acceptors (Lipinski definition) is 4. The van der Waals surface area contributed by atoms with Crippen LogP contribution < -0.4 is 0 Å². The minimum Gasteiger partial charge on any atom is -0.467 e. The first kappa shape index (κ1) is 16.0. The van der Waals surface area contributed by atoms with Crippen LogP contribution in [0.3, 0.4) is 0 Å². The highest BCUT2D eigenvalue weighted by Crippen LogP contribution is 2.13. The third kappa shape index (κ3) is 3.74. The SMILES string of the molecule is COC(=O)C1C=CCN1C(=O)OCc1ccccc1.Cl. The molecule has 1 aromatic rings. The smallest absolute Gasteiger partial charge is 0.411 e. The van der Waals surface area contributed by atoms with E-state index in [1.165, 1.54) is 12.0 Å². The molecule has 0 aliphatic carbocycles. The van der Waals surface area contributed by atoms with E-state index in [1.54, 1.807) is 12.2 Å². The van der Waals surface area contributed by atoms with Crippen molar-refractivity contribution in [2.24, 2.45) is 0 Å². The normalized spacial score (nSPS) is 16.4. The van der Waals surface area contributed by atoms with Gasteiger partial charge in [0.2, 0.25) is 0 Å². The maximum absolute atomic E-state index is 11.9. The lowest BCUT2D eigenvalue weighted by Crippen LogP contribution is -2.41. The summed E-state index contributed by atoms with van der Waals surface area (Å²) < 4.78 is 9.81. The number of benzene rings is 1. The third-order valence-electron chi connectivity index (χ3n) is 2.84. The van der Waals surface area contributed by atoms with Crippen molar-refractivity contribution in [3.8, 4) is 0 Å². The van der Waals surface area contributed by atoms with Gasteiger partial charge in [0.25, 0.3) is 0 Å². The van der Waals surface area contributed by atoms with E-state index in [-0.39, 0.29) is 19.0 Å². The third-order valence-corrected chi connectivity index (χ3v) is 2.84. The summed E-state index contributed by atoms with van der Waals surface area (Å²) in [5.74, 6) is -0.467. The van der Waals surface area contributed by atoms with E-state index in [2.05, 4.69) is 4.74 Å². The van der Waals surface area contributed by atoms with Gasteiger partial charge in [-0.2, -0.15) is 0 Å². The second kappa shape index (κ2) is 7.55. The van der Waals surface area contributed by atoms with Gasteiger partial charge in [-0.1, -0.05) is 42.5 Å². The first-order valence-corrected chi connectivity index (χ1v) is 5.94. The van der Waals surface area contributed by atoms with Crippen LogP contribution in [0.1, 0.15) is 5.56 Å². The fourth-order valence-corrected chi connectivity index (χ4v) is 1.84. The van der Waals surface area contributed by atoms with Crippen LogP contribution in [-0.4, -0.2) is 36.7 Å². The number of hydrogen-bond donors (Lipinski definition) is 0. The predicted molar refractivity (Wildman–Crippen MR) is 75.5 cm³/mol. The van der Waals surface area contributed by atoms with Crippen LogP contribution >= 0.6 is 12.4 Å². The Morgan fingerprint density at radius 1 is 1.30 bits per heavy atom. The molecular formula is C14H16ClNO4. The molecule has 6 heteroatoms. The lowest BCUT2D eigenvalue weighted by atomic mass is 10.2. The fraction of sp³-hybridized carbons (Fsp3) is 0.286. The Morgan fingerprint density at radius 3 is 2.65 bits per heavy atom. The van der Waals surface area contributed by atoms with E-state index >= 15 is 0 Å². The summed E-state index contributed by atoms with van der Waals surface area (Å²) in [6.45, 7) is 0.539. The van der Waals surface area contributed by atoms with Gasteiger partial charge in [0.15, 0.2) is 6.04 Å². The van der Waals surface area contributed by atoms with Crippen molar-refractivity contribution >= 4 is 24.5 Å². The van der Waals surface area contributed by atoms with Gasteiger partial charge in [-0.3, -0.25) is 4.90 Å². The largest absolute Gasteiger partial charge is 0.467 e. The van der Waals surface area contributed by atoms with Crippen LogP contribution in [0.2, 0.25) is 0 Å². The molecule has 1 unspecified atom stereocenters. The van der Waals surface area contributed by atoms with E-state index in [4.69, 9.17) is 4.74 Å². The molecule has 1 aliphatic heterocycles. The van der Waals surface area contributed by atoms with Crippen molar-refractivity contribution in [2.45, 2.75) is 12.6 Å². The Morgan fingerprint density at radius 2 is 2.00 bits per heavy atom. The lowest BCUT2D eigenvalue weighted by Gasteiger charge is -2.21. The first-order valence-electron chi connectivity index (χ1n) is 5.94. The van der Waals surface area contributed by atoms with Gasteiger partial charge in [0.05, 0.1) is 7.11 Å². The number of amides is 1. The van der Waals surface area contributed by atoms with Crippen LogP contribution in [0.4, 0.5) is 4.79 Å². The fourth-order valence-electron chi connectivity index (χ4n) is 1.84. The molecule has 20 heavy (non-hydrogen) atoms. The number of carbonyl (C=O) groups excluding carboxylic acids is 2. The number of rotatable bonds is 3. The van der Waals surface area contributed by atoms with E-state index < -0.39 is 18.1 Å². The molecule has 1 aromatic carbocycles. The molecule has 0 N–H and O–H groups in total. The number of halogens is 1. The molecular weight excluding hydrogens is 282 g/mol. The number of methoxy groups -OCH3 is 1. The highest BCUT2D eigenvalue weighted by atomic mass is 35.5. The molecule has 1 heterocycles. The minimum atomic E-state index is -0.687. The van der Waals surface area contributed by atoms with Crippen molar-refractivity contribution in [1.29, 1.82) is 0 Å². The van der Waals surface area contributed by atoms with Gasteiger partial charge < -0.3 is 9.47 Å². The molecule has 0 bridgehead atoms. The molecule has 0 saturated heterocycles. The maximum Gasteiger partial charge on any atom is 0.411 e. The molecule has 1 aliphatic rings. The summed E-state index contributed by atoms with van der Waals surface area (Å²) in [5, 5.41) is 0. The summed E-state index contributed by atoms with van der Waals surface area (Å²) in [7, 11) is 1.29. The monoisotopic (exact) mass is 297 g/mol. The highest BCUT2D eigenvalue weighted by molar-refractivity contribution is 5.85. The molecule has 0 aromatic heterocycles. The minimum absolute atomic E-state index is 0. The van der Waals surface area contributed by atoms with E-state index in [0.717, 1.165) is 5.56 Å². The maximum atomic E-state index is 11.9. The van der Waals surface area contributed by atoms with Gasteiger partial charge in [-0.25, -0.2) is 9.59 Å². The van der Waals surface area contributed by atoms with Crippen LogP contribution in [0.15, 0.2) is 42.5 Å². The number of ether oxygens (including phenoxy) is 2. The average Bonchev–Trinajstić information content (AvgIpc) is 2.94. The summed E-state index contributed by atoms with van der Waals surface area (Å²) in [5.41, 5.74) is 0.901. The Balaban J connectivity index is 0.00000200. The van der Waals surface area contributed by atoms with Gasteiger partial charge in [-0.15, -0.1) is 12.4 Å². The van der Waals surface area contributed by atoms with Crippen molar-refractivity contribution in [3.05, 3.63) is 48.0 Å². The number of esters is 1. The Hall–Kier alpha value is -2.01. The summed E-state index contributed by atoms with van der Waals surface area (Å²) >= 11 is 0. The Bertz CT molecular complexity index is 489. The number of nitrogens with zero attached hydrogens (tertiary/aromatic N) is 1. The summed E-state index contributed by atoms with van der Waals surface area (Å²) in [6, 6.07) is 8.69. The van der Waals surface area contributed by atoms with Crippen LogP contribution in [0.25, 0.3) is 0 Å². The topological polar surface area (TPSA) is 55.8 Å². The average molecular weight is 298 g/mol. The molecule has 1 amide bonds. The van der Waals surface area contributed by atoms with Crippen LogP contribution in [0.5, 0.6) is 0 Å². The Kier molecular flexibility index (Phi) is 6.06. The molecule has 5 nitrogen and oxygen atoms in total. The van der Waals surface area contributed by atoms with Crippen LogP contribution in [-0.2, 0) is 20.9 Å². The van der Waals surface area contributed by atoms with Gasteiger partial charge in [0, 0.05) is 6.54 Å². The van der Waals surface area contributed by atoms with E-state index in [9.17, 15) is 9.59 Å². The Labute approximate surface area is 123 Å². The molecule has 0 fully saturated rings.